The summed E-state index contributed by atoms with van der Waals surface area (Å²) in [4.78, 5) is 4.78. The first kappa shape index (κ1) is 13.0. The van der Waals surface area contributed by atoms with Crippen molar-refractivity contribution in [2.75, 3.05) is 5.73 Å². The minimum absolute atomic E-state index is 0.550. The third-order valence-electron chi connectivity index (χ3n) is 3.82. The highest BCUT2D eigenvalue weighted by molar-refractivity contribution is 5.40. The first-order chi connectivity index (χ1) is 8.77. The first-order valence-electron chi connectivity index (χ1n) is 7.06. The number of hydrogen-bond donors (Lipinski definition) is 1. The van der Waals surface area contributed by atoms with Gasteiger partial charge in [0.25, 0.3) is 0 Å². The molecule has 0 spiro atoms. The molecule has 1 aromatic heterocycles. The van der Waals surface area contributed by atoms with E-state index in [-0.39, 0.29) is 0 Å². The molecule has 1 aliphatic carbocycles. The minimum atomic E-state index is 0.550. The van der Waals surface area contributed by atoms with E-state index in [4.69, 9.17) is 17.1 Å². The van der Waals surface area contributed by atoms with Crippen molar-refractivity contribution in [2.45, 2.75) is 64.3 Å². The van der Waals surface area contributed by atoms with Gasteiger partial charge in [0, 0.05) is 5.92 Å². The van der Waals surface area contributed by atoms with Crippen molar-refractivity contribution in [1.29, 1.82) is 0 Å². The van der Waals surface area contributed by atoms with Crippen molar-refractivity contribution in [3.05, 3.63) is 11.5 Å². The molecule has 3 heteroatoms. The summed E-state index contributed by atoms with van der Waals surface area (Å²) in [5.74, 6) is 5.18. The molecular formula is C15H23N3. The normalized spacial score (nSPS) is 16.7. The van der Waals surface area contributed by atoms with Crippen LogP contribution in [0, 0.1) is 12.3 Å². The Labute approximate surface area is 110 Å². The van der Waals surface area contributed by atoms with Crippen LogP contribution in [0.5, 0.6) is 0 Å². The van der Waals surface area contributed by atoms with Gasteiger partial charge in [0.1, 0.15) is 11.6 Å². The van der Waals surface area contributed by atoms with Crippen molar-refractivity contribution < 1.29 is 0 Å². The van der Waals surface area contributed by atoms with Crippen LogP contribution < -0.4 is 5.73 Å². The van der Waals surface area contributed by atoms with Gasteiger partial charge in [-0.1, -0.05) is 38.5 Å². The highest BCUT2D eigenvalue weighted by atomic mass is 15.1. The van der Waals surface area contributed by atoms with Gasteiger partial charge < -0.3 is 10.3 Å². The van der Waals surface area contributed by atoms with E-state index < -0.39 is 0 Å². The molecular weight excluding hydrogens is 222 g/mol. The molecule has 0 saturated heterocycles. The van der Waals surface area contributed by atoms with Crippen LogP contribution in [0.3, 0.4) is 0 Å². The lowest BCUT2D eigenvalue weighted by Gasteiger charge is -2.21. The number of terminal acetylenes is 1. The molecule has 1 aromatic rings. The number of rotatable bonds is 4. The molecule has 0 bridgehead atoms. The molecule has 1 fully saturated rings. The minimum Gasteiger partial charge on any atom is -0.384 e. The number of anilines is 1. The average Bonchev–Trinajstić information content (AvgIpc) is 2.70. The fourth-order valence-corrected chi connectivity index (χ4v) is 2.89. The van der Waals surface area contributed by atoms with Crippen LogP contribution in [0.15, 0.2) is 0 Å². The average molecular weight is 245 g/mol. The van der Waals surface area contributed by atoms with Crippen molar-refractivity contribution >= 4 is 5.82 Å². The van der Waals surface area contributed by atoms with Crippen LogP contribution in [0.4, 0.5) is 5.82 Å². The molecule has 0 unspecified atom stereocenters. The smallest absolute Gasteiger partial charge is 0.127 e. The van der Waals surface area contributed by atoms with Crippen LogP contribution in [-0.4, -0.2) is 9.55 Å². The Kier molecular flexibility index (Phi) is 4.30. The first-order valence-corrected chi connectivity index (χ1v) is 7.06. The SMILES string of the molecule is C#CCn1c(C2CCCCC2)nc(CCC)c1N. The van der Waals surface area contributed by atoms with Crippen LogP contribution in [0.2, 0.25) is 0 Å². The Bertz CT molecular complexity index is 433. The third-order valence-corrected chi connectivity index (χ3v) is 3.82. The lowest BCUT2D eigenvalue weighted by Crippen LogP contribution is -2.13. The zero-order chi connectivity index (χ0) is 13.0. The second-order valence-corrected chi connectivity index (χ2v) is 5.18. The van der Waals surface area contributed by atoms with Crippen molar-refractivity contribution in [3.63, 3.8) is 0 Å². The monoisotopic (exact) mass is 245 g/mol. The molecule has 0 atom stereocenters. The molecule has 1 heterocycles. The fraction of sp³-hybridized carbons (Fsp3) is 0.667. The molecule has 0 amide bonds. The number of aryl methyl sites for hydroxylation is 1. The standard InChI is InChI=1S/C15H23N3/c1-3-8-13-14(16)18(11-4-2)15(17-13)12-9-6-5-7-10-12/h2,12H,3,5-11,16H2,1H3. The highest BCUT2D eigenvalue weighted by Crippen LogP contribution is 2.34. The van der Waals surface area contributed by atoms with E-state index in [1.54, 1.807) is 0 Å². The van der Waals surface area contributed by atoms with Crippen LogP contribution >= 0.6 is 0 Å². The molecule has 1 saturated carbocycles. The van der Waals surface area contributed by atoms with Crippen LogP contribution in [0.25, 0.3) is 0 Å². The van der Waals surface area contributed by atoms with Gasteiger partial charge in [-0.3, -0.25) is 0 Å². The van der Waals surface area contributed by atoms with E-state index in [0.717, 1.165) is 30.2 Å². The maximum atomic E-state index is 6.19. The van der Waals surface area contributed by atoms with Gasteiger partial charge in [0.15, 0.2) is 0 Å². The summed E-state index contributed by atoms with van der Waals surface area (Å²) in [5.41, 5.74) is 7.22. The number of nitrogen functional groups attached to an aromatic ring is 1. The van der Waals surface area contributed by atoms with Gasteiger partial charge in [0.05, 0.1) is 12.2 Å². The largest absolute Gasteiger partial charge is 0.384 e. The number of imidazole rings is 1. The quantitative estimate of drug-likeness (QED) is 0.828. The van der Waals surface area contributed by atoms with Gasteiger partial charge in [-0.15, -0.1) is 6.42 Å². The number of hydrogen-bond acceptors (Lipinski definition) is 2. The molecule has 18 heavy (non-hydrogen) atoms. The summed E-state index contributed by atoms with van der Waals surface area (Å²) in [7, 11) is 0. The predicted molar refractivity (Wildman–Crippen MR) is 75.3 cm³/mol. The maximum absolute atomic E-state index is 6.19. The van der Waals surface area contributed by atoms with E-state index >= 15 is 0 Å². The molecule has 1 aliphatic rings. The van der Waals surface area contributed by atoms with Gasteiger partial charge in [-0.25, -0.2) is 4.98 Å². The van der Waals surface area contributed by atoms with E-state index in [0.29, 0.717) is 12.5 Å². The van der Waals surface area contributed by atoms with Crippen molar-refractivity contribution in [2.24, 2.45) is 0 Å². The Morgan fingerprint density at radius 3 is 2.72 bits per heavy atom. The van der Waals surface area contributed by atoms with Gasteiger partial charge in [-0.05, 0) is 19.3 Å². The lowest BCUT2D eigenvalue weighted by molar-refractivity contribution is 0.420. The topological polar surface area (TPSA) is 43.8 Å². The third kappa shape index (κ3) is 2.53. The van der Waals surface area contributed by atoms with Gasteiger partial charge in [-0.2, -0.15) is 0 Å². The van der Waals surface area contributed by atoms with Crippen LogP contribution in [-0.2, 0) is 13.0 Å². The summed E-state index contributed by atoms with van der Waals surface area (Å²) in [6.07, 6.45) is 13.9. The molecule has 98 valence electrons. The Balaban J connectivity index is 2.31. The van der Waals surface area contributed by atoms with E-state index in [2.05, 4.69) is 17.4 Å². The summed E-state index contributed by atoms with van der Waals surface area (Å²) in [6, 6.07) is 0. The Morgan fingerprint density at radius 1 is 1.39 bits per heavy atom. The Hall–Kier alpha value is -1.43. The Morgan fingerprint density at radius 2 is 2.11 bits per heavy atom. The lowest BCUT2D eigenvalue weighted by atomic mass is 9.88. The highest BCUT2D eigenvalue weighted by Gasteiger charge is 2.23. The summed E-state index contributed by atoms with van der Waals surface area (Å²) < 4.78 is 2.06. The zero-order valence-corrected chi connectivity index (χ0v) is 11.3. The molecule has 2 rings (SSSR count). The summed E-state index contributed by atoms with van der Waals surface area (Å²) in [5, 5.41) is 0. The molecule has 0 aromatic carbocycles. The number of aromatic nitrogens is 2. The second kappa shape index (κ2) is 5.95. The van der Waals surface area contributed by atoms with Gasteiger partial charge in [0.2, 0.25) is 0 Å². The van der Waals surface area contributed by atoms with E-state index in [1.807, 2.05) is 0 Å². The van der Waals surface area contributed by atoms with Crippen LogP contribution in [0.1, 0.15) is 62.9 Å². The molecule has 2 N–H and O–H groups in total. The summed E-state index contributed by atoms with van der Waals surface area (Å²) in [6.45, 7) is 2.70. The molecule has 0 aliphatic heterocycles. The number of nitrogens with two attached hydrogens (primary N) is 1. The molecule has 3 nitrogen and oxygen atoms in total. The van der Waals surface area contributed by atoms with E-state index in [9.17, 15) is 0 Å². The molecule has 0 radical (unpaired) electrons. The van der Waals surface area contributed by atoms with E-state index in [1.165, 1.54) is 32.1 Å². The summed E-state index contributed by atoms with van der Waals surface area (Å²) >= 11 is 0. The predicted octanol–water partition coefficient (Wildman–Crippen LogP) is 3.10. The van der Waals surface area contributed by atoms with Crippen molar-refractivity contribution in [3.8, 4) is 12.3 Å². The second-order valence-electron chi connectivity index (χ2n) is 5.18. The zero-order valence-electron chi connectivity index (χ0n) is 11.3. The van der Waals surface area contributed by atoms with Gasteiger partial charge >= 0.3 is 0 Å². The van der Waals surface area contributed by atoms with Crippen molar-refractivity contribution in [1.82, 2.24) is 9.55 Å². The fourth-order valence-electron chi connectivity index (χ4n) is 2.89. The maximum Gasteiger partial charge on any atom is 0.127 e. The number of nitrogens with zero attached hydrogens (tertiary/aromatic N) is 2.